The average Bonchev–Trinajstić information content (AvgIpc) is 2.71. The molecular formula is C14H24N2O2S2. The fraction of sp³-hybridized carbons (Fsp3) is 0.714. The molecule has 6 heteroatoms. The number of nitrogens with zero attached hydrogens (tertiary/aromatic N) is 1. The van der Waals surface area contributed by atoms with Crippen LogP contribution in [0.4, 0.5) is 0 Å². The summed E-state index contributed by atoms with van der Waals surface area (Å²) < 4.78 is 27.6. The predicted octanol–water partition coefficient (Wildman–Crippen LogP) is 2.73. The van der Waals surface area contributed by atoms with Gasteiger partial charge in [-0.15, -0.1) is 11.3 Å². The number of piperidine rings is 1. The number of hydrogen-bond donors (Lipinski definition) is 1. The number of nitrogens with one attached hydrogen (secondary N) is 1. The number of aryl methyl sites for hydroxylation is 1. The van der Waals surface area contributed by atoms with Crippen molar-refractivity contribution in [2.45, 2.75) is 63.6 Å². The van der Waals surface area contributed by atoms with E-state index in [1.54, 1.807) is 15.6 Å². The molecule has 1 aromatic heterocycles. The van der Waals surface area contributed by atoms with Crippen LogP contribution < -0.4 is 5.32 Å². The zero-order valence-electron chi connectivity index (χ0n) is 12.6. The molecule has 0 bridgehead atoms. The number of sulfonamides is 1. The van der Waals surface area contributed by atoms with Crippen molar-refractivity contribution in [3.8, 4) is 0 Å². The summed E-state index contributed by atoms with van der Waals surface area (Å²) in [5.74, 6) is 0. The van der Waals surface area contributed by atoms with E-state index in [1.807, 2.05) is 33.9 Å². The lowest BCUT2D eigenvalue weighted by Gasteiger charge is -2.37. The van der Waals surface area contributed by atoms with Crippen LogP contribution in [0.25, 0.3) is 0 Å². The van der Waals surface area contributed by atoms with Gasteiger partial charge in [-0.1, -0.05) is 6.42 Å². The summed E-state index contributed by atoms with van der Waals surface area (Å²) in [6.07, 6.45) is 3.02. The van der Waals surface area contributed by atoms with Crippen LogP contribution in [0.3, 0.4) is 0 Å². The van der Waals surface area contributed by atoms with Crippen LogP contribution in [0.15, 0.2) is 11.0 Å². The van der Waals surface area contributed by atoms with Crippen LogP contribution in [-0.2, 0) is 16.6 Å². The lowest BCUT2D eigenvalue weighted by atomic mass is 10.0. The Bertz CT molecular complexity index is 556. The summed E-state index contributed by atoms with van der Waals surface area (Å²) in [4.78, 5) is 2.45. The summed E-state index contributed by atoms with van der Waals surface area (Å²) in [6.45, 7) is 6.65. The Morgan fingerprint density at radius 2 is 1.95 bits per heavy atom. The zero-order valence-corrected chi connectivity index (χ0v) is 14.3. The van der Waals surface area contributed by atoms with E-state index in [2.05, 4.69) is 5.32 Å². The van der Waals surface area contributed by atoms with Gasteiger partial charge in [0.05, 0.1) is 4.90 Å². The molecule has 0 aromatic carbocycles. The van der Waals surface area contributed by atoms with Gasteiger partial charge in [0.25, 0.3) is 0 Å². The maximum Gasteiger partial charge on any atom is 0.244 e. The van der Waals surface area contributed by atoms with Crippen molar-refractivity contribution in [2.75, 3.05) is 7.05 Å². The Hall–Kier alpha value is -0.430. The Morgan fingerprint density at radius 3 is 2.50 bits per heavy atom. The highest BCUT2D eigenvalue weighted by atomic mass is 32.2. The molecule has 2 heterocycles. The van der Waals surface area contributed by atoms with Crippen LogP contribution >= 0.6 is 11.3 Å². The largest absolute Gasteiger partial charge is 0.315 e. The van der Waals surface area contributed by atoms with Gasteiger partial charge in [-0.3, -0.25) is 0 Å². The third kappa shape index (κ3) is 2.93. The molecule has 1 aliphatic heterocycles. The molecule has 20 heavy (non-hydrogen) atoms. The fourth-order valence-corrected chi connectivity index (χ4v) is 6.53. The van der Waals surface area contributed by atoms with Gasteiger partial charge in [-0.25, -0.2) is 8.42 Å². The van der Waals surface area contributed by atoms with E-state index in [1.165, 1.54) is 0 Å². The zero-order chi connectivity index (χ0) is 14.9. The molecule has 0 amide bonds. The highest BCUT2D eigenvalue weighted by Crippen LogP contribution is 2.33. The molecule has 4 nitrogen and oxygen atoms in total. The van der Waals surface area contributed by atoms with Gasteiger partial charge >= 0.3 is 0 Å². The minimum atomic E-state index is -3.37. The average molecular weight is 316 g/mol. The van der Waals surface area contributed by atoms with Crippen LogP contribution in [0.5, 0.6) is 0 Å². The van der Waals surface area contributed by atoms with Gasteiger partial charge in [-0.05, 0) is 46.7 Å². The summed E-state index contributed by atoms with van der Waals surface area (Å²) in [5, 5.41) is 3.08. The Kier molecular flexibility index (Phi) is 4.89. The molecule has 1 aliphatic rings. The minimum absolute atomic E-state index is 0.0933. The van der Waals surface area contributed by atoms with E-state index in [9.17, 15) is 8.42 Å². The lowest BCUT2D eigenvalue weighted by Crippen LogP contribution is -2.47. The third-order valence-corrected chi connectivity index (χ3v) is 7.38. The lowest BCUT2D eigenvalue weighted by molar-refractivity contribution is 0.204. The molecule has 114 valence electrons. The molecular weight excluding hydrogens is 292 g/mol. The highest BCUT2D eigenvalue weighted by Gasteiger charge is 2.36. The first-order valence-corrected chi connectivity index (χ1v) is 9.41. The van der Waals surface area contributed by atoms with Gasteiger partial charge in [-0.2, -0.15) is 4.31 Å². The molecule has 0 aliphatic carbocycles. The first-order valence-electron chi connectivity index (χ1n) is 7.15. The summed E-state index contributed by atoms with van der Waals surface area (Å²) >= 11 is 1.56. The van der Waals surface area contributed by atoms with Crippen LogP contribution in [0.1, 0.15) is 42.9 Å². The van der Waals surface area contributed by atoms with E-state index in [-0.39, 0.29) is 12.1 Å². The second-order valence-electron chi connectivity index (χ2n) is 5.63. The Balaban J connectivity index is 2.38. The normalized spacial score (nSPS) is 25.0. The molecule has 1 N–H and O–H groups in total. The molecule has 1 fully saturated rings. The predicted molar refractivity (Wildman–Crippen MR) is 83.6 cm³/mol. The quantitative estimate of drug-likeness (QED) is 0.929. The van der Waals surface area contributed by atoms with Crippen LogP contribution in [0.2, 0.25) is 0 Å². The van der Waals surface area contributed by atoms with Gasteiger partial charge < -0.3 is 5.32 Å². The molecule has 0 radical (unpaired) electrons. The smallest absolute Gasteiger partial charge is 0.244 e. The molecule has 0 saturated carbocycles. The van der Waals surface area contributed by atoms with Crippen molar-refractivity contribution in [2.24, 2.45) is 0 Å². The second-order valence-corrected chi connectivity index (χ2v) is 8.78. The SMILES string of the molecule is CNCc1cc(S(=O)(=O)N2[C@H](C)CCC[C@@H]2C)c(C)s1. The Morgan fingerprint density at radius 1 is 1.35 bits per heavy atom. The van der Waals surface area contributed by atoms with Crippen molar-refractivity contribution in [3.05, 3.63) is 15.8 Å². The molecule has 0 unspecified atom stereocenters. The van der Waals surface area contributed by atoms with Crippen LogP contribution in [-0.4, -0.2) is 31.9 Å². The third-order valence-electron chi connectivity index (χ3n) is 3.94. The van der Waals surface area contributed by atoms with Gasteiger partial charge in [0, 0.05) is 28.4 Å². The molecule has 1 aromatic rings. The first kappa shape index (κ1) is 15.9. The van der Waals surface area contributed by atoms with Gasteiger partial charge in [0.2, 0.25) is 10.0 Å². The maximum atomic E-state index is 13.0. The van der Waals surface area contributed by atoms with E-state index < -0.39 is 10.0 Å². The topological polar surface area (TPSA) is 49.4 Å². The summed E-state index contributed by atoms with van der Waals surface area (Å²) in [7, 11) is -1.50. The van der Waals surface area contributed by atoms with E-state index in [0.717, 1.165) is 29.0 Å². The number of hydrogen-bond acceptors (Lipinski definition) is 4. The van der Waals surface area contributed by atoms with Crippen molar-refractivity contribution in [1.82, 2.24) is 9.62 Å². The van der Waals surface area contributed by atoms with Crippen LogP contribution in [0, 0.1) is 6.92 Å². The first-order chi connectivity index (χ1) is 9.37. The Labute approximate surface area is 126 Å². The molecule has 2 rings (SSSR count). The van der Waals surface area contributed by atoms with E-state index in [0.29, 0.717) is 11.4 Å². The van der Waals surface area contributed by atoms with Crippen molar-refractivity contribution < 1.29 is 8.42 Å². The fourth-order valence-electron chi connectivity index (χ4n) is 3.03. The maximum absolute atomic E-state index is 13.0. The summed E-state index contributed by atoms with van der Waals surface area (Å²) in [6, 6.07) is 2.02. The van der Waals surface area contributed by atoms with Gasteiger partial charge in [0.15, 0.2) is 0 Å². The van der Waals surface area contributed by atoms with Crippen molar-refractivity contribution >= 4 is 21.4 Å². The summed E-state index contributed by atoms with van der Waals surface area (Å²) in [5.41, 5.74) is 0. The van der Waals surface area contributed by atoms with E-state index >= 15 is 0 Å². The molecule has 0 spiro atoms. The van der Waals surface area contributed by atoms with Gasteiger partial charge in [0.1, 0.15) is 0 Å². The standard InChI is InChI=1S/C14H24N2O2S2/c1-10-6-5-7-11(2)16(10)20(17,18)14-8-13(9-15-4)19-12(14)3/h8,10-11,15H,5-7,9H2,1-4H3/t10-,11+. The molecule has 1 saturated heterocycles. The second kappa shape index (κ2) is 6.13. The molecule has 2 atom stereocenters. The highest BCUT2D eigenvalue weighted by molar-refractivity contribution is 7.89. The monoisotopic (exact) mass is 316 g/mol. The number of thiophene rings is 1. The van der Waals surface area contributed by atoms with Crippen molar-refractivity contribution in [1.29, 1.82) is 0 Å². The minimum Gasteiger partial charge on any atom is -0.315 e. The van der Waals surface area contributed by atoms with E-state index in [4.69, 9.17) is 0 Å². The number of rotatable bonds is 4. The van der Waals surface area contributed by atoms with Crippen molar-refractivity contribution in [3.63, 3.8) is 0 Å².